The molecule has 3 nitrogen and oxygen atoms in total. The van der Waals surface area contributed by atoms with Gasteiger partial charge in [0.15, 0.2) is 5.78 Å². The second-order valence-corrected chi connectivity index (χ2v) is 4.37. The van der Waals surface area contributed by atoms with Gasteiger partial charge in [0.25, 0.3) is 0 Å². The highest BCUT2D eigenvalue weighted by molar-refractivity contribution is 5.96. The SMILES string of the molecule is CCNCCC(=O)c1cccc(OC2CC2)c1. The molecule has 1 aliphatic rings. The Kier molecular flexibility index (Phi) is 4.15. The van der Waals surface area contributed by atoms with Gasteiger partial charge in [-0.3, -0.25) is 4.79 Å². The molecule has 0 amide bonds. The Morgan fingerprint density at radius 1 is 1.47 bits per heavy atom. The zero-order chi connectivity index (χ0) is 12.1. The molecule has 92 valence electrons. The lowest BCUT2D eigenvalue weighted by molar-refractivity contribution is 0.0982. The van der Waals surface area contributed by atoms with E-state index in [1.807, 2.05) is 31.2 Å². The van der Waals surface area contributed by atoms with Crippen LogP contribution in [0.25, 0.3) is 0 Å². The van der Waals surface area contributed by atoms with Crippen LogP contribution in [0.15, 0.2) is 24.3 Å². The molecule has 0 heterocycles. The number of Topliss-reactive ketones (excluding diaryl/α,β-unsaturated/α-hetero) is 1. The lowest BCUT2D eigenvalue weighted by atomic mass is 10.1. The summed E-state index contributed by atoms with van der Waals surface area (Å²) in [5.74, 6) is 0.994. The van der Waals surface area contributed by atoms with Crippen LogP contribution in [0, 0.1) is 0 Å². The van der Waals surface area contributed by atoms with Gasteiger partial charge in [-0.15, -0.1) is 0 Å². The second kappa shape index (κ2) is 5.82. The topological polar surface area (TPSA) is 38.3 Å². The van der Waals surface area contributed by atoms with Crippen LogP contribution in [0.1, 0.15) is 36.5 Å². The molecule has 0 bridgehead atoms. The Labute approximate surface area is 102 Å². The van der Waals surface area contributed by atoms with Crippen LogP contribution in [0.5, 0.6) is 5.75 Å². The van der Waals surface area contributed by atoms with Gasteiger partial charge in [0, 0.05) is 18.5 Å². The number of carbonyl (C=O) groups excluding carboxylic acids is 1. The van der Waals surface area contributed by atoms with E-state index in [4.69, 9.17) is 4.74 Å². The fourth-order valence-electron chi connectivity index (χ4n) is 1.64. The highest BCUT2D eigenvalue weighted by Crippen LogP contribution is 2.27. The number of nitrogens with one attached hydrogen (secondary N) is 1. The zero-order valence-corrected chi connectivity index (χ0v) is 10.2. The van der Waals surface area contributed by atoms with Crippen molar-refractivity contribution in [1.29, 1.82) is 0 Å². The molecule has 0 radical (unpaired) electrons. The predicted molar refractivity (Wildman–Crippen MR) is 67.6 cm³/mol. The average molecular weight is 233 g/mol. The maximum Gasteiger partial charge on any atom is 0.164 e. The number of ketones is 1. The van der Waals surface area contributed by atoms with Crippen molar-refractivity contribution in [1.82, 2.24) is 5.32 Å². The van der Waals surface area contributed by atoms with Crippen molar-refractivity contribution in [2.24, 2.45) is 0 Å². The first-order chi connectivity index (χ1) is 8.29. The van der Waals surface area contributed by atoms with Gasteiger partial charge in [-0.05, 0) is 31.5 Å². The average Bonchev–Trinajstić information content (AvgIpc) is 3.13. The van der Waals surface area contributed by atoms with Crippen LogP contribution in [-0.2, 0) is 0 Å². The van der Waals surface area contributed by atoms with Crippen molar-refractivity contribution in [2.45, 2.75) is 32.3 Å². The van der Waals surface area contributed by atoms with Gasteiger partial charge in [0.05, 0.1) is 6.10 Å². The molecule has 1 aliphatic carbocycles. The standard InChI is InChI=1S/C14H19NO2/c1-2-15-9-8-14(16)11-4-3-5-13(10-11)17-12-6-7-12/h3-5,10,12,15H,2,6-9H2,1H3. The fourth-order valence-corrected chi connectivity index (χ4v) is 1.64. The molecule has 1 N–H and O–H groups in total. The minimum atomic E-state index is 0.173. The molecule has 1 aromatic carbocycles. The summed E-state index contributed by atoms with van der Waals surface area (Å²) in [6, 6.07) is 7.51. The number of carbonyl (C=O) groups is 1. The van der Waals surface area contributed by atoms with Gasteiger partial charge in [0.1, 0.15) is 5.75 Å². The zero-order valence-electron chi connectivity index (χ0n) is 10.2. The van der Waals surface area contributed by atoms with Crippen molar-refractivity contribution < 1.29 is 9.53 Å². The molecule has 3 heteroatoms. The maximum absolute atomic E-state index is 11.9. The molecule has 1 aromatic rings. The minimum absolute atomic E-state index is 0.173. The highest BCUT2D eigenvalue weighted by Gasteiger charge is 2.23. The Morgan fingerprint density at radius 3 is 3.00 bits per heavy atom. The summed E-state index contributed by atoms with van der Waals surface area (Å²) in [7, 11) is 0. The molecule has 0 spiro atoms. The Bertz CT molecular complexity index is 386. The molecule has 1 fully saturated rings. The number of benzene rings is 1. The van der Waals surface area contributed by atoms with Gasteiger partial charge < -0.3 is 10.1 Å². The van der Waals surface area contributed by atoms with Crippen molar-refractivity contribution >= 4 is 5.78 Å². The van der Waals surface area contributed by atoms with Crippen LogP contribution in [-0.4, -0.2) is 25.0 Å². The Morgan fingerprint density at radius 2 is 2.29 bits per heavy atom. The smallest absolute Gasteiger partial charge is 0.164 e. The van der Waals surface area contributed by atoms with Crippen LogP contribution >= 0.6 is 0 Å². The molecule has 17 heavy (non-hydrogen) atoms. The van der Waals surface area contributed by atoms with Crippen LogP contribution in [0.2, 0.25) is 0 Å². The van der Waals surface area contributed by atoms with Crippen molar-refractivity contribution in [3.8, 4) is 5.75 Å². The molecule has 1 saturated carbocycles. The van der Waals surface area contributed by atoms with Crippen LogP contribution in [0.3, 0.4) is 0 Å². The largest absolute Gasteiger partial charge is 0.490 e. The lowest BCUT2D eigenvalue weighted by Gasteiger charge is -2.06. The van der Waals surface area contributed by atoms with E-state index in [0.717, 1.165) is 37.2 Å². The van der Waals surface area contributed by atoms with Gasteiger partial charge in [-0.1, -0.05) is 19.1 Å². The number of rotatable bonds is 7. The van der Waals surface area contributed by atoms with E-state index in [-0.39, 0.29) is 5.78 Å². The van der Waals surface area contributed by atoms with E-state index < -0.39 is 0 Å². The molecule has 0 aromatic heterocycles. The number of ether oxygens (including phenoxy) is 1. The summed E-state index contributed by atoms with van der Waals surface area (Å²) in [4.78, 5) is 11.9. The maximum atomic E-state index is 11.9. The summed E-state index contributed by atoms with van der Waals surface area (Å²) in [5.41, 5.74) is 0.751. The number of hydrogen-bond acceptors (Lipinski definition) is 3. The molecule has 0 unspecified atom stereocenters. The summed E-state index contributed by atoms with van der Waals surface area (Å²) in [6.45, 7) is 3.68. The molecule has 0 saturated heterocycles. The first-order valence-electron chi connectivity index (χ1n) is 6.30. The van der Waals surface area contributed by atoms with Crippen LogP contribution < -0.4 is 10.1 Å². The van der Waals surface area contributed by atoms with Crippen molar-refractivity contribution in [3.63, 3.8) is 0 Å². The van der Waals surface area contributed by atoms with Crippen molar-refractivity contribution in [3.05, 3.63) is 29.8 Å². The first-order valence-corrected chi connectivity index (χ1v) is 6.30. The van der Waals surface area contributed by atoms with E-state index in [1.54, 1.807) is 0 Å². The normalized spacial score (nSPS) is 14.6. The fraction of sp³-hybridized carbons (Fsp3) is 0.500. The quantitative estimate of drug-likeness (QED) is 0.580. The molecular formula is C14H19NO2. The summed E-state index contributed by atoms with van der Waals surface area (Å²) in [5, 5.41) is 3.15. The van der Waals surface area contributed by atoms with E-state index >= 15 is 0 Å². The van der Waals surface area contributed by atoms with Crippen molar-refractivity contribution in [2.75, 3.05) is 13.1 Å². The van der Waals surface area contributed by atoms with E-state index in [1.165, 1.54) is 0 Å². The van der Waals surface area contributed by atoms with E-state index in [0.29, 0.717) is 12.5 Å². The third-order valence-electron chi connectivity index (χ3n) is 2.76. The molecular weight excluding hydrogens is 214 g/mol. The Balaban J connectivity index is 1.91. The molecule has 0 atom stereocenters. The molecule has 0 aliphatic heterocycles. The summed E-state index contributed by atoms with van der Waals surface area (Å²) < 4.78 is 5.67. The predicted octanol–water partition coefficient (Wildman–Crippen LogP) is 2.41. The Hall–Kier alpha value is -1.35. The number of hydrogen-bond donors (Lipinski definition) is 1. The van der Waals surface area contributed by atoms with Gasteiger partial charge in [0.2, 0.25) is 0 Å². The lowest BCUT2D eigenvalue weighted by Crippen LogP contribution is -2.17. The van der Waals surface area contributed by atoms with Gasteiger partial charge in [-0.2, -0.15) is 0 Å². The third-order valence-corrected chi connectivity index (χ3v) is 2.76. The van der Waals surface area contributed by atoms with E-state index in [9.17, 15) is 4.79 Å². The summed E-state index contributed by atoms with van der Waals surface area (Å²) >= 11 is 0. The van der Waals surface area contributed by atoms with Gasteiger partial charge in [-0.25, -0.2) is 0 Å². The highest BCUT2D eigenvalue weighted by atomic mass is 16.5. The third kappa shape index (κ3) is 3.86. The van der Waals surface area contributed by atoms with Gasteiger partial charge >= 0.3 is 0 Å². The molecule has 2 rings (SSSR count). The summed E-state index contributed by atoms with van der Waals surface area (Å²) in [6.07, 6.45) is 3.19. The van der Waals surface area contributed by atoms with E-state index in [2.05, 4.69) is 5.32 Å². The first kappa shape index (κ1) is 12.1. The monoisotopic (exact) mass is 233 g/mol. The second-order valence-electron chi connectivity index (χ2n) is 4.37. The minimum Gasteiger partial charge on any atom is -0.490 e. The van der Waals surface area contributed by atoms with Crippen LogP contribution in [0.4, 0.5) is 0 Å².